The Kier molecular flexibility index (Phi) is 4.26. The number of imidazole rings is 1. The summed E-state index contributed by atoms with van der Waals surface area (Å²) in [5.74, 6) is 0.559. The van der Waals surface area contributed by atoms with Crippen LogP contribution in [0.2, 0.25) is 0 Å². The fourth-order valence-electron chi connectivity index (χ4n) is 3.43. The molecule has 1 unspecified atom stereocenters. The quantitative estimate of drug-likeness (QED) is 0.697. The summed E-state index contributed by atoms with van der Waals surface area (Å²) in [5, 5.41) is 6.42. The smallest absolute Gasteiger partial charge is 0.294 e. The van der Waals surface area contributed by atoms with Crippen molar-refractivity contribution in [3.8, 4) is 0 Å². The van der Waals surface area contributed by atoms with Gasteiger partial charge in [0.15, 0.2) is 11.2 Å². The van der Waals surface area contributed by atoms with Crippen LogP contribution in [0.4, 0.5) is 5.95 Å². The highest BCUT2D eigenvalue weighted by Gasteiger charge is 2.29. The van der Waals surface area contributed by atoms with Gasteiger partial charge in [0.05, 0.1) is 18.3 Å². The van der Waals surface area contributed by atoms with Crippen LogP contribution in [0.5, 0.6) is 0 Å². The molecular formula is C20H22N6O2. The van der Waals surface area contributed by atoms with Gasteiger partial charge in [-0.2, -0.15) is 10.1 Å². The van der Waals surface area contributed by atoms with E-state index in [1.165, 1.54) is 11.6 Å². The van der Waals surface area contributed by atoms with Crippen LogP contribution in [-0.2, 0) is 14.1 Å². The van der Waals surface area contributed by atoms with E-state index in [4.69, 9.17) is 0 Å². The molecule has 28 heavy (non-hydrogen) atoms. The van der Waals surface area contributed by atoms with E-state index in [2.05, 4.69) is 10.1 Å². The molecule has 0 N–H and O–H groups in total. The maximum atomic E-state index is 12.8. The third-order valence-corrected chi connectivity index (χ3v) is 5.16. The number of aryl methyl sites for hydroxylation is 1. The molecule has 1 aromatic carbocycles. The monoisotopic (exact) mass is 378 g/mol. The van der Waals surface area contributed by atoms with Crippen molar-refractivity contribution in [2.24, 2.45) is 19.2 Å². The molecule has 144 valence electrons. The van der Waals surface area contributed by atoms with Gasteiger partial charge in [0.25, 0.3) is 5.56 Å². The summed E-state index contributed by atoms with van der Waals surface area (Å²) in [4.78, 5) is 29.7. The summed E-state index contributed by atoms with van der Waals surface area (Å²) in [6.45, 7) is 4.40. The predicted molar refractivity (Wildman–Crippen MR) is 111 cm³/mol. The molecule has 4 rings (SSSR count). The predicted octanol–water partition coefficient (Wildman–Crippen LogP) is 1.90. The zero-order valence-electron chi connectivity index (χ0n) is 16.3. The van der Waals surface area contributed by atoms with Gasteiger partial charge in [-0.3, -0.25) is 18.5 Å². The van der Waals surface area contributed by atoms with Crippen molar-refractivity contribution < 1.29 is 0 Å². The van der Waals surface area contributed by atoms with E-state index in [0.29, 0.717) is 23.7 Å². The van der Waals surface area contributed by atoms with Gasteiger partial charge in [-0.25, -0.2) is 9.80 Å². The normalized spacial score (nSPS) is 16.6. The number of hydrogen-bond donors (Lipinski definition) is 0. The van der Waals surface area contributed by atoms with Crippen molar-refractivity contribution in [3.05, 3.63) is 62.8 Å². The summed E-state index contributed by atoms with van der Waals surface area (Å²) >= 11 is 0. The molecule has 8 heteroatoms. The van der Waals surface area contributed by atoms with Crippen molar-refractivity contribution in [2.45, 2.75) is 19.9 Å². The first-order valence-corrected chi connectivity index (χ1v) is 9.12. The molecule has 0 saturated heterocycles. The first-order valence-electron chi connectivity index (χ1n) is 9.12. The minimum atomic E-state index is -0.395. The Morgan fingerprint density at radius 1 is 1.11 bits per heavy atom. The molecule has 3 heterocycles. The van der Waals surface area contributed by atoms with E-state index in [9.17, 15) is 9.59 Å². The molecule has 1 aliphatic heterocycles. The summed E-state index contributed by atoms with van der Waals surface area (Å²) in [7, 11) is 3.11. The average Bonchev–Trinajstić information content (AvgIpc) is 3.10. The molecular weight excluding hydrogens is 356 g/mol. The largest absolute Gasteiger partial charge is 0.332 e. The van der Waals surface area contributed by atoms with Crippen molar-refractivity contribution in [3.63, 3.8) is 0 Å². The molecule has 3 aromatic rings. The minimum absolute atomic E-state index is 0.125. The van der Waals surface area contributed by atoms with Crippen molar-refractivity contribution in [2.75, 3.05) is 11.6 Å². The van der Waals surface area contributed by atoms with Gasteiger partial charge in [0.1, 0.15) is 0 Å². The maximum absolute atomic E-state index is 12.8. The molecule has 2 aromatic heterocycles. The van der Waals surface area contributed by atoms with Gasteiger partial charge in [-0.05, 0) is 19.4 Å². The van der Waals surface area contributed by atoms with E-state index < -0.39 is 5.69 Å². The zero-order chi connectivity index (χ0) is 20.0. The SMILES string of the molecule is CC1=NN(C/C=C/c2ccccc2)c2nc3c(c(=O)n(C)c(=O)n3C)n2C1C. The highest BCUT2D eigenvalue weighted by molar-refractivity contribution is 5.91. The van der Waals surface area contributed by atoms with Crippen LogP contribution < -0.4 is 16.3 Å². The van der Waals surface area contributed by atoms with Crippen LogP contribution in [0.1, 0.15) is 25.5 Å². The molecule has 0 spiro atoms. The minimum Gasteiger partial charge on any atom is -0.294 e. The summed E-state index contributed by atoms with van der Waals surface area (Å²) < 4.78 is 4.39. The van der Waals surface area contributed by atoms with Gasteiger partial charge >= 0.3 is 5.69 Å². The van der Waals surface area contributed by atoms with Gasteiger partial charge in [-0.1, -0.05) is 42.5 Å². The highest BCUT2D eigenvalue weighted by Crippen LogP contribution is 2.29. The molecule has 1 atom stereocenters. The summed E-state index contributed by atoms with van der Waals surface area (Å²) in [5.41, 5.74) is 2.01. The Hall–Kier alpha value is -3.42. The zero-order valence-corrected chi connectivity index (χ0v) is 16.3. The lowest BCUT2D eigenvalue weighted by atomic mass is 10.2. The molecule has 0 aliphatic carbocycles. The lowest BCUT2D eigenvalue weighted by Gasteiger charge is -2.28. The standard InChI is InChI=1S/C20H22N6O2/c1-13-14(2)26-16-17(23(3)20(28)24(4)18(16)27)21-19(26)25(22-13)12-8-11-15-9-6-5-7-10-15/h5-11,14H,12H2,1-4H3/b11-8+. The van der Waals surface area contributed by atoms with Crippen LogP contribution in [0.25, 0.3) is 17.2 Å². The van der Waals surface area contributed by atoms with Crippen LogP contribution in [-0.4, -0.2) is 30.9 Å². The van der Waals surface area contributed by atoms with Gasteiger partial charge in [0, 0.05) is 14.1 Å². The fourth-order valence-corrected chi connectivity index (χ4v) is 3.43. The third kappa shape index (κ3) is 2.69. The maximum Gasteiger partial charge on any atom is 0.332 e. The average molecular weight is 378 g/mol. The number of hydrazone groups is 1. The second-order valence-electron chi connectivity index (χ2n) is 6.97. The van der Waals surface area contributed by atoms with E-state index in [1.54, 1.807) is 12.1 Å². The van der Waals surface area contributed by atoms with Crippen molar-refractivity contribution in [1.82, 2.24) is 18.7 Å². The first kappa shape index (κ1) is 18.0. The first-order chi connectivity index (χ1) is 13.4. The van der Waals surface area contributed by atoms with Crippen LogP contribution in [0.15, 0.2) is 51.1 Å². The molecule has 0 bridgehead atoms. The Morgan fingerprint density at radius 3 is 2.54 bits per heavy atom. The number of hydrogen-bond acceptors (Lipinski definition) is 5. The van der Waals surface area contributed by atoms with E-state index >= 15 is 0 Å². The Labute approximate surface area is 161 Å². The van der Waals surface area contributed by atoms with Crippen LogP contribution in [0, 0.1) is 0 Å². The molecule has 0 saturated carbocycles. The topological polar surface area (TPSA) is 77.4 Å². The Morgan fingerprint density at radius 2 is 1.82 bits per heavy atom. The number of aromatic nitrogens is 4. The fraction of sp³-hybridized carbons (Fsp3) is 0.300. The lowest BCUT2D eigenvalue weighted by Crippen LogP contribution is -2.38. The third-order valence-electron chi connectivity index (χ3n) is 5.16. The van der Waals surface area contributed by atoms with E-state index in [1.807, 2.05) is 60.9 Å². The van der Waals surface area contributed by atoms with E-state index in [-0.39, 0.29) is 11.6 Å². The highest BCUT2D eigenvalue weighted by atomic mass is 16.2. The second-order valence-corrected chi connectivity index (χ2v) is 6.97. The summed E-state index contributed by atoms with van der Waals surface area (Å²) in [6.07, 6.45) is 4.02. The van der Waals surface area contributed by atoms with E-state index in [0.717, 1.165) is 15.8 Å². The van der Waals surface area contributed by atoms with Gasteiger partial charge < -0.3 is 0 Å². The lowest BCUT2D eigenvalue weighted by molar-refractivity contribution is 0.647. The van der Waals surface area contributed by atoms with Crippen LogP contribution >= 0.6 is 0 Å². The molecule has 0 fully saturated rings. The number of anilines is 1. The van der Waals surface area contributed by atoms with Crippen LogP contribution in [0.3, 0.4) is 0 Å². The van der Waals surface area contributed by atoms with Crippen molar-refractivity contribution >= 4 is 28.9 Å². The second kappa shape index (κ2) is 6.63. The van der Waals surface area contributed by atoms with Gasteiger partial charge in [-0.15, -0.1) is 0 Å². The number of benzene rings is 1. The molecule has 1 aliphatic rings. The Bertz CT molecular complexity index is 1230. The Balaban J connectivity index is 1.83. The number of fused-ring (bicyclic) bond motifs is 3. The molecule has 0 amide bonds. The van der Waals surface area contributed by atoms with Crippen molar-refractivity contribution in [1.29, 1.82) is 0 Å². The molecule has 8 nitrogen and oxygen atoms in total. The number of rotatable bonds is 3. The summed E-state index contributed by atoms with van der Waals surface area (Å²) in [6, 6.07) is 9.88. The number of nitrogens with zero attached hydrogens (tertiary/aromatic N) is 6. The molecule has 0 radical (unpaired) electrons. The van der Waals surface area contributed by atoms with Gasteiger partial charge in [0.2, 0.25) is 5.95 Å².